The first-order chi connectivity index (χ1) is 5.82. The third-order valence-corrected chi connectivity index (χ3v) is 2.74. The molecule has 0 saturated heterocycles. The SMILES string of the molecule is CC1(F)C(C(=O)O)C1(CF)C(F)F. The number of aliphatic carboxylic acids is 1. The van der Waals surface area contributed by atoms with Gasteiger partial charge in [-0.3, -0.25) is 9.18 Å². The lowest BCUT2D eigenvalue weighted by molar-refractivity contribution is -0.141. The Hall–Kier alpha value is -0.810. The normalized spacial score (nSPS) is 43.7. The van der Waals surface area contributed by atoms with Crippen LogP contribution in [0.4, 0.5) is 17.6 Å². The fraction of sp³-hybridized carbons (Fsp3) is 0.857. The van der Waals surface area contributed by atoms with Crippen molar-refractivity contribution in [2.24, 2.45) is 11.3 Å². The van der Waals surface area contributed by atoms with E-state index in [0.29, 0.717) is 6.92 Å². The van der Waals surface area contributed by atoms with Crippen LogP contribution in [0, 0.1) is 11.3 Å². The quantitative estimate of drug-likeness (QED) is 0.703. The van der Waals surface area contributed by atoms with Crippen molar-refractivity contribution in [2.45, 2.75) is 19.0 Å². The fourth-order valence-corrected chi connectivity index (χ4v) is 1.74. The molecule has 76 valence electrons. The summed E-state index contributed by atoms with van der Waals surface area (Å²) in [4.78, 5) is 10.3. The number of halogens is 4. The first-order valence-corrected chi connectivity index (χ1v) is 3.58. The molecule has 0 spiro atoms. The van der Waals surface area contributed by atoms with Gasteiger partial charge in [-0.25, -0.2) is 13.2 Å². The molecule has 1 saturated carbocycles. The molecule has 1 aliphatic carbocycles. The average molecular weight is 200 g/mol. The minimum atomic E-state index is -3.30. The molecule has 0 aromatic carbocycles. The van der Waals surface area contributed by atoms with Crippen LogP contribution in [-0.2, 0) is 4.79 Å². The topological polar surface area (TPSA) is 37.3 Å². The molecule has 3 atom stereocenters. The van der Waals surface area contributed by atoms with E-state index >= 15 is 0 Å². The highest BCUT2D eigenvalue weighted by atomic mass is 19.3. The first-order valence-electron chi connectivity index (χ1n) is 3.58. The van der Waals surface area contributed by atoms with E-state index in [9.17, 15) is 22.4 Å². The molecule has 0 amide bonds. The summed E-state index contributed by atoms with van der Waals surface area (Å²) in [7, 11) is 0. The molecule has 1 fully saturated rings. The number of carbonyl (C=O) groups is 1. The molecule has 13 heavy (non-hydrogen) atoms. The van der Waals surface area contributed by atoms with Gasteiger partial charge in [0, 0.05) is 0 Å². The maximum Gasteiger partial charge on any atom is 0.310 e. The summed E-state index contributed by atoms with van der Waals surface area (Å²) >= 11 is 0. The van der Waals surface area contributed by atoms with Crippen molar-refractivity contribution >= 4 is 5.97 Å². The lowest BCUT2D eigenvalue weighted by atomic mass is 10.0. The highest BCUT2D eigenvalue weighted by Gasteiger charge is 2.83. The molecule has 0 aliphatic heterocycles. The summed E-state index contributed by atoms with van der Waals surface area (Å²) in [6, 6.07) is 0. The van der Waals surface area contributed by atoms with E-state index in [4.69, 9.17) is 5.11 Å². The third-order valence-electron chi connectivity index (χ3n) is 2.74. The number of rotatable bonds is 3. The molecule has 1 aliphatic rings. The zero-order chi connectivity index (χ0) is 10.4. The summed E-state index contributed by atoms with van der Waals surface area (Å²) < 4.78 is 49.9. The van der Waals surface area contributed by atoms with E-state index in [2.05, 4.69) is 0 Å². The van der Waals surface area contributed by atoms with E-state index in [1.54, 1.807) is 0 Å². The highest BCUT2D eigenvalue weighted by molar-refractivity contribution is 5.78. The van der Waals surface area contributed by atoms with Crippen LogP contribution in [0.25, 0.3) is 0 Å². The molecular weight excluding hydrogens is 192 g/mol. The van der Waals surface area contributed by atoms with Crippen molar-refractivity contribution in [1.29, 1.82) is 0 Å². The van der Waals surface area contributed by atoms with E-state index in [0.717, 1.165) is 0 Å². The van der Waals surface area contributed by atoms with Crippen LogP contribution in [0.5, 0.6) is 0 Å². The van der Waals surface area contributed by atoms with Gasteiger partial charge in [0.2, 0.25) is 0 Å². The molecule has 0 aromatic heterocycles. The van der Waals surface area contributed by atoms with Gasteiger partial charge in [0.05, 0.1) is 0 Å². The molecule has 6 heteroatoms. The predicted molar refractivity (Wildman–Crippen MR) is 35.1 cm³/mol. The van der Waals surface area contributed by atoms with E-state index in [-0.39, 0.29) is 0 Å². The van der Waals surface area contributed by atoms with E-state index in [1.165, 1.54) is 0 Å². The Morgan fingerprint density at radius 1 is 1.62 bits per heavy atom. The largest absolute Gasteiger partial charge is 0.481 e. The van der Waals surface area contributed by atoms with Crippen molar-refractivity contribution < 1.29 is 27.5 Å². The minimum Gasteiger partial charge on any atom is -0.481 e. The Bertz CT molecular complexity index is 241. The molecule has 0 aromatic rings. The zero-order valence-electron chi connectivity index (χ0n) is 6.73. The third kappa shape index (κ3) is 0.971. The Balaban J connectivity index is 2.99. The van der Waals surface area contributed by atoms with Crippen molar-refractivity contribution in [1.82, 2.24) is 0 Å². The van der Waals surface area contributed by atoms with Crippen molar-refractivity contribution in [3.63, 3.8) is 0 Å². The van der Waals surface area contributed by atoms with Gasteiger partial charge in [0.15, 0.2) is 0 Å². The summed E-state index contributed by atoms with van der Waals surface area (Å²) in [5, 5.41) is 8.36. The lowest BCUT2D eigenvalue weighted by Crippen LogP contribution is -2.24. The first kappa shape index (κ1) is 10.3. The minimum absolute atomic E-state index is 0.692. The fourth-order valence-electron chi connectivity index (χ4n) is 1.74. The number of hydrogen-bond acceptors (Lipinski definition) is 1. The van der Waals surface area contributed by atoms with E-state index in [1.807, 2.05) is 0 Å². The number of hydrogen-bond donors (Lipinski definition) is 1. The van der Waals surface area contributed by atoms with Gasteiger partial charge >= 0.3 is 5.97 Å². The van der Waals surface area contributed by atoms with Crippen molar-refractivity contribution in [3.8, 4) is 0 Å². The summed E-state index contributed by atoms with van der Waals surface area (Å²) in [5.41, 5.74) is -5.29. The van der Waals surface area contributed by atoms with Crippen LogP contribution in [0.1, 0.15) is 6.92 Å². The van der Waals surface area contributed by atoms with Crippen molar-refractivity contribution in [2.75, 3.05) is 6.67 Å². The molecular formula is C7H8F4O2. The second kappa shape index (κ2) is 2.59. The number of carboxylic acid groups (broad SMARTS) is 1. The Labute approximate surface area is 71.5 Å². The standard InChI is InChI=1S/C7H8F4O2/c1-6(11)3(4(12)13)7(6,2-8)5(9)10/h3,5H,2H2,1H3,(H,12,13). The molecule has 0 heterocycles. The van der Waals surface area contributed by atoms with Crippen LogP contribution in [0.3, 0.4) is 0 Å². The van der Waals surface area contributed by atoms with Gasteiger partial charge in [-0.15, -0.1) is 0 Å². The van der Waals surface area contributed by atoms with E-state index < -0.39 is 36.1 Å². The van der Waals surface area contributed by atoms with Crippen LogP contribution >= 0.6 is 0 Å². The lowest BCUT2D eigenvalue weighted by Gasteiger charge is -2.11. The maximum absolute atomic E-state index is 13.2. The van der Waals surface area contributed by atoms with Gasteiger partial charge in [-0.05, 0) is 6.92 Å². The Morgan fingerprint density at radius 3 is 2.15 bits per heavy atom. The Morgan fingerprint density at radius 2 is 2.08 bits per heavy atom. The average Bonchev–Trinajstić information content (AvgIpc) is 2.48. The van der Waals surface area contributed by atoms with Gasteiger partial charge in [-0.2, -0.15) is 0 Å². The number of alkyl halides is 4. The zero-order valence-corrected chi connectivity index (χ0v) is 6.73. The molecule has 0 radical (unpaired) electrons. The van der Waals surface area contributed by atoms with Crippen LogP contribution in [0.15, 0.2) is 0 Å². The molecule has 0 bridgehead atoms. The second-order valence-electron chi connectivity index (χ2n) is 3.32. The molecule has 3 unspecified atom stereocenters. The number of carboxylic acids is 1. The van der Waals surface area contributed by atoms with Gasteiger partial charge < -0.3 is 5.11 Å². The van der Waals surface area contributed by atoms with Gasteiger partial charge in [0.25, 0.3) is 6.43 Å². The van der Waals surface area contributed by atoms with Crippen LogP contribution < -0.4 is 0 Å². The van der Waals surface area contributed by atoms with Crippen molar-refractivity contribution in [3.05, 3.63) is 0 Å². The maximum atomic E-state index is 13.2. The molecule has 1 N–H and O–H groups in total. The van der Waals surface area contributed by atoms with Crippen LogP contribution in [0.2, 0.25) is 0 Å². The Kier molecular flexibility index (Phi) is 2.04. The van der Waals surface area contributed by atoms with Crippen LogP contribution in [-0.4, -0.2) is 29.8 Å². The summed E-state index contributed by atoms with van der Waals surface area (Å²) in [6.07, 6.45) is -3.30. The second-order valence-corrected chi connectivity index (χ2v) is 3.32. The highest BCUT2D eigenvalue weighted by Crippen LogP contribution is 2.67. The molecule has 2 nitrogen and oxygen atoms in total. The summed E-state index contributed by atoms with van der Waals surface area (Å²) in [6.45, 7) is -0.966. The predicted octanol–water partition coefficient (Wildman–Crippen LogP) is 1.65. The smallest absolute Gasteiger partial charge is 0.310 e. The van der Waals surface area contributed by atoms with Gasteiger partial charge in [-0.1, -0.05) is 0 Å². The van der Waals surface area contributed by atoms with Gasteiger partial charge in [0.1, 0.15) is 23.7 Å². The monoisotopic (exact) mass is 200 g/mol. The molecule has 1 rings (SSSR count). The summed E-state index contributed by atoms with van der Waals surface area (Å²) in [5.74, 6) is -3.66.